The molecule has 1 N–H and O–H groups in total. The molecule has 0 amide bonds. The molecule has 1 aromatic heterocycles. The minimum absolute atomic E-state index is 0.667. The fourth-order valence-corrected chi connectivity index (χ4v) is 3.19. The molecule has 2 heterocycles. The van der Waals surface area contributed by atoms with Gasteiger partial charge >= 0.3 is 0 Å². The van der Waals surface area contributed by atoms with Crippen molar-refractivity contribution < 1.29 is 0 Å². The lowest BCUT2D eigenvalue weighted by molar-refractivity contribution is 0.258. The maximum Gasteiger partial charge on any atom is 0.185 e. The molecular formula is C13H24N4S. The van der Waals surface area contributed by atoms with E-state index in [2.05, 4.69) is 41.5 Å². The van der Waals surface area contributed by atoms with E-state index in [4.69, 9.17) is 4.98 Å². The summed E-state index contributed by atoms with van der Waals surface area (Å²) in [5.41, 5.74) is 1.17. The molecule has 0 spiro atoms. The molecule has 0 aliphatic carbocycles. The average molecular weight is 268 g/mol. The zero-order valence-corrected chi connectivity index (χ0v) is 12.5. The second-order valence-corrected chi connectivity index (χ2v) is 5.94. The standard InChI is InChI=1S/C13H24N4S/c1-4-14-8-11-10-18-13(15-11)17-7-5-6-12(9-17)16(2)3/h10,12,14H,4-9H2,1-3H3. The number of thiazole rings is 1. The van der Waals surface area contributed by atoms with Crippen LogP contribution in [0.2, 0.25) is 0 Å². The Labute approximate surface area is 114 Å². The van der Waals surface area contributed by atoms with Crippen LogP contribution in [0.4, 0.5) is 5.13 Å². The quantitative estimate of drug-likeness (QED) is 0.882. The molecule has 0 aromatic carbocycles. The van der Waals surface area contributed by atoms with Crippen molar-refractivity contribution >= 4 is 16.5 Å². The first-order valence-electron chi connectivity index (χ1n) is 6.77. The highest BCUT2D eigenvalue weighted by Crippen LogP contribution is 2.25. The van der Waals surface area contributed by atoms with Crippen LogP contribution in [0.3, 0.4) is 0 Å². The van der Waals surface area contributed by atoms with Gasteiger partial charge in [0.25, 0.3) is 0 Å². The first-order chi connectivity index (χ1) is 8.70. The average Bonchev–Trinajstić information content (AvgIpc) is 2.85. The molecule has 102 valence electrons. The number of nitrogens with one attached hydrogen (secondary N) is 1. The molecule has 1 unspecified atom stereocenters. The summed E-state index contributed by atoms with van der Waals surface area (Å²) in [5, 5.41) is 6.69. The smallest absolute Gasteiger partial charge is 0.185 e. The maximum atomic E-state index is 4.73. The summed E-state index contributed by atoms with van der Waals surface area (Å²) in [5.74, 6) is 0. The highest BCUT2D eigenvalue weighted by Gasteiger charge is 2.23. The maximum absolute atomic E-state index is 4.73. The molecule has 1 atom stereocenters. The van der Waals surface area contributed by atoms with Gasteiger partial charge in [0, 0.05) is 31.1 Å². The Balaban J connectivity index is 1.95. The Morgan fingerprint density at radius 2 is 2.39 bits per heavy atom. The number of piperidine rings is 1. The number of aromatic nitrogens is 1. The lowest BCUT2D eigenvalue weighted by atomic mass is 10.1. The molecule has 5 heteroatoms. The van der Waals surface area contributed by atoms with E-state index in [1.54, 1.807) is 11.3 Å². The second kappa shape index (κ2) is 6.50. The molecule has 1 aliphatic heterocycles. The normalized spacial score (nSPS) is 20.7. The molecule has 0 saturated carbocycles. The summed E-state index contributed by atoms with van der Waals surface area (Å²) in [6.45, 7) is 6.27. The van der Waals surface area contributed by atoms with E-state index in [-0.39, 0.29) is 0 Å². The number of nitrogens with zero attached hydrogens (tertiary/aromatic N) is 3. The predicted molar refractivity (Wildman–Crippen MR) is 78.4 cm³/mol. The van der Waals surface area contributed by atoms with Crippen LogP contribution in [-0.4, -0.2) is 49.7 Å². The zero-order valence-electron chi connectivity index (χ0n) is 11.6. The third-order valence-corrected chi connectivity index (χ3v) is 4.44. The number of rotatable bonds is 5. The van der Waals surface area contributed by atoms with Gasteiger partial charge in [0.05, 0.1) is 5.69 Å². The lowest BCUT2D eigenvalue weighted by Gasteiger charge is -2.35. The van der Waals surface area contributed by atoms with Gasteiger partial charge in [-0.25, -0.2) is 4.98 Å². The molecule has 1 fully saturated rings. The fourth-order valence-electron chi connectivity index (χ4n) is 2.33. The van der Waals surface area contributed by atoms with Crippen LogP contribution in [0.15, 0.2) is 5.38 Å². The SMILES string of the molecule is CCNCc1csc(N2CCCC(N(C)C)C2)n1. The van der Waals surface area contributed by atoms with E-state index in [1.807, 2.05) is 0 Å². The number of hydrogen-bond acceptors (Lipinski definition) is 5. The van der Waals surface area contributed by atoms with Gasteiger partial charge < -0.3 is 15.1 Å². The largest absolute Gasteiger partial charge is 0.347 e. The highest BCUT2D eigenvalue weighted by atomic mass is 32.1. The number of anilines is 1. The van der Waals surface area contributed by atoms with Crippen molar-refractivity contribution in [2.24, 2.45) is 0 Å². The van der Waals surface area contributed by atoms with Crippen LogP contribution in [0.25, 0.3) is 0 Å². The van der Waals surface area contributed by atoms with E-state index in [0.717, 1.165) is 26.2 Å². The Morgan fingerprint density at radius 1 is 1.56 bits per heavy atom. The van der Waals surface area contributed by atoms with E-state index >= 15 is 0 Å². The molecule has 0 bridgehead atoms. The van der Waals surface area contributed by atoms with Gasteiger partial charge in [0.15, 0.2) is 5.13 Å². The van der Waals surface area contributed by atoms with Crippen molar-refractivity contribution in [3.05, 3.63) is 11.1 Å². The van der Waals surface area contributed by atoms with Crippen LogP contribution in [-0.2, 0) is 6.54 Å². The van der Waals surface area contributed by atoms with Gasteiger partial charge in [0.1, 0.15) is 0 Å². The number of likely N-dealkylation sites (N-methyl/N-ethyl adjacent to an activating group) is 1. The third-order valence-electron chi connectivity index (χ3n) is 3.49. The summed E-state index contributed by atoms with van der Waals surface area (Å²) in [7, 11) is 4.35. The van der Waals surface area contributed by atoms with Gasteiger partial charge in [-0.1, -0.05) is 6.92 Å². The van der Waals surface area contributed by atoms with Gasteiger partial charge in [-0.15, -0.1) is 11.3 Å². The van der Waals surface area contributed by atoms with Crippen LogP contribution in [0.5, 0.6) is 0 Å². The minimum atomic E-state index is 0.667. The van der Waals surface area contributed by atoms with E-state index in [1.165, 1.54) is 23.7 Å². The molecular weight excluding hydrogens is 244 g/mol. The second-order valence-electron chi connectivity index (χ2n) is 5.11. The van der Waals surface area contributed by atoms with Gasteiger partial charge in [-0.05, 0) is 33.5 Å². The van der Waals surface area contributed by atoms with Gasteiger partial charge in [-0.2, -0.15) is 0 Å². The van der Waals surface area contributed by atoms with Crippen LogP contribution < -0.4 is 10.2 Å². The Kier molecular flexibility index (Phi) is 4.97. The monoisotopic (exact) mass is 268 g/mol. The minimum Gasteiger partial charge on any atom is -0.347 e. The predicted octanol–water partition coefficient (Wildman–Crippen LogP) is 1.78. The Bertz CT molecular complexity index is 364. The van der Waals surface area contributed by atoms with E-state index < -0.39 is 0 Å². The molecule has 2 rings (SSSR count). The summed E-state index contributed by atoms with van der Waals surface area (Å²) < 4.78 is 0. The Hall–Kier alpha value is -0.650. The highest BCUT2D eigenvalue weighted by molar-refractivity contribution is 7.13. The van der Waals surface area contributed by atoms with E-state index in [0.29, 0.717) is 6.04 Å². The van der Waals surface area contributed by atoms with Crippen molar-refractivity contribution in [3.63, 3.8) is 0 Å². The zero-order chi connectivity index (χ0) is 13.0. The fraction of sp³-hybridized carbons (Fsp3) is 0.769. The van der Waals surface area contributed by atoms with Crippen molar-refractivity contribution in [2.45, 2.75) is 32.4 Å². The van der Waals surface area contributed by atoms with Gasteiger partial charge in [-0.3, -0.25) is 0 Å². The van der Waals surface area contributed by atoms with Crippen LogP contribution >= 0.6 is 11.3 Å². The molecule has 1 aromatic rings. The molecule has 1 saturated heterocycles. The molecule has 1 aliphatic rings. The third kappa shape index (κ3) is 3.43. The summed E-state index contributed by atoms with van der Waals surface area (Å²) in [6.07, 6.45) is 2.57. The molecule has 4 nitrogen and oxygen atoms in total. The topological polar surface area (TPSA) is 31.4 Å². The van der Waals surface area contributed by atoms with Crippen LogP contribution in [0, 0.1) is 0 Å². The molecule has 0 radical (unpaired) electrons. The summed E-state index contributed by atoms with van der Waals surface area (Å²) in [6, 6.07) is 0.667. The lowest BCUT2D eigenvalue weighted by Crippen LogP contribution is -2.45. The molecule has 18 heavy (non-hydrogen) atoms. The van der Waals surface area contributed by atoms with Crippen molar-refractivity contribution in [3.8, 4) is 0 Å². The van der Waals surface area contributed by atoms with Gasteiger partial charge in [0.2, 0.25) is 0 Å². The van der Waals surface area contributed by atoms with E-state index in [9.17, 15) is 0 Å². The van der Waals surface area contributed by atoms with Crippen molar-refractivity contribution in [1.82, 2.24) is 15.2 Å². The van der Waals surface area contributed by atoms with Crippen molar-refractivity contribution in [1.29, 1.82) is 0 Å². The Morgan fingerprint density at radius 3 is 3.11 bits per heavy atom. The van der Waals surface area contributed by atoms with Crippen molar-refractivity contribution in [2.75, 3.05) is 38.6 Å². The first-order valence-corrected chi connectivity index (χ1v) is 7.65. The summed E-state index contributed by atoms with van der Waals surface area (Å²) in [4.78, 5) is 9.50. The number of hydrogen-bond donors (Lipinski definition) is 1. The first kappa shape index (κ1) is 13.8. The summed E-state index contributed by atoms with van der Waals surface area (Å²) >= 11 is 1.78. The van der Waals surface area contributed by atoms with Crippen LogP contribution in [0.1, 0.15) is 25.5 Å².